The van der Waals surface area contributed by atoms with Crippen molar-refractivity contribution in [2.45, 2.75) is 69.4 Å². The lowest BCUT2D eigenvalue weighted by Crippen LogP contribution is -2.47. The van der Waals surface area contributed by atoms with Crippen LogP contribution in [-0.2, 0) is 15.8 Å². The van der Waals surface area contributed by atoms with Crippen molar-refractivity contribution in [2.24, 2.45) is 11.8 Å². The van der Waals surface area contributed by atoms with Crippen LogP contribution >= 0.6 is 0 Å². The minimum Gasteiger partial charge on any atom is -0.491 e. The number of piperazine rings is 1. The van der Waals surface area contributed by atoms with E-state index in [1.54, 1.807) is 6.08 Å². The van der Waals surface area contributed by atoms with Gasteiger partial charge >= 0.3 is 6.18 Å². The summed E-state index contributed by atoms with van der Waals surface area (Å²) in [5, 5.41) is 51.0. The lowest BCUT2D eigenvalue weighted by molar-refractivity contribution is -0.492. The van der Waals surface area contributed by atoms with Crippen LogP contribution in [0.3, 0.4) is 0 Å². The fourth-order valence-electron chi connectivity index (χ4n) is 6.00. The highest BCUT2D eigenvalue weighted by Gasteiger charge is 2.39. The second kappa shape index (κ2) is 20.8. The molecule has 2 aliphatic rings. The summed E-state index contributed by atoms with van der Waals surface area (Å²) in [4.78, 5) is 21.5. The minimum atomic E-state index is -4.50. The molecule has 0 radical (unpaired) electrons. The summed E-state index contributed by atoms with van der Waals surface area (Å²) >= 11 is 0. The molecule has 5 atom stereocenters. The number of hydrogen-bond acceptors (Lipinski definition) is 11. The molecular formula is C33H51F3N4O8. The first kappa shape index (κ1) is 39.8. The smallest absolute Gasteiger partial charge is 0.416 e. The Kier molecular flexibility index (Phi) is 17.3. The molecule has 0 unspecified atom stereocenters. The predicted molar refractivity (Wildman–Crippen MR) is 170 cm³/mol. The Morgan fingerprint density at radius 2 is 1.75 bits per heavy atom. The molecular weight excluding hydrogens is 637 g/mol. The van der Waals surface area contributed by atoms with E-state index in [1.165, 1.54) is 18.2 Å². The Hall–Kier alpha value is -2.60. The molecule has 0 bridgehead atoms. The molecule has 0 aromatic heterocycles. The Bertz CT molecular complexity index is 1130. The number of nitrogens with zero attached hydrogens (tertiary/aromatic N) is 3. The number of aliphatic hydroxyl groups is 3. The fraction of sp³-hybridized carbons (Fsp3) is 0.667. The largest absolute Gasteiger partial charge is 0.491 e. The first-order chi connectivity index (χ1) is 22.9. The number of allylic oxidation sites excluding steroid dienone is 2. The highest BCUT2D eigenvalue weighted by molar-refractivity contribution is 5.75. The Labute approximate surface area is 279 Å². The highest BCUT2D eigenvalue weighted by Crippen LogP contribution is 2.36. The summed E-state index contributed by atoms with van der Waals surface area (Å²) in [6, 6.07) is 4.40. The molecule has 12 nitrogen and oxygen atoms in total. The van der Waals surface area contributed by atoms with Gasteiger partial charge in [0.1, 0.15) is 18.5 Å². The summed E-state index contributed by atoms with van der Waals surface area (Å²) in [6.07, 6.45) is 3.89. The van der Waals surface area contributed by atoms with Crippen LogP contribution in [0.5, 0.6) is 5.75 Å². The van der Waals surface area contributed by atoms with Gasteiger partial charge in [-0.15, -0.1) is 0 Å². The van der Waals surface area contributed by atoms with E-state index in [2.05, 4.69) is 20.0 Å². The summed E-state index contributed by atoms with van der Waals surface area (Å²) in [5.41, 5.74) is -0.844. The normalized spacial score (nSPS) is 23.4. The third-order valence-electron chi connectivity index (χ3n) is 8.67. The van der Waals surface area contributed by atoms with Crippen molar-refractivity contribution in [3.8, 4) is 5.75 Å². The molecule has 15 heteroatoms. The second-order valence-electron chi connectivity index (χ2n) is 12.3. The first-order valence-corrected chi connectivity index (χ1v) is 16.6. The summed E-state index contributed by atoms with van der Waals surface area (Å²) in [7, 11) is 0. The van der Waals surface area contributed by atoms with Gasteiger partial charge in [0.05, 0.1) is 29.8 Å². The molecule has 2 fully saturated rings. The molecule has 1 aromatic carbocycles. The maximum absolute atomic E-state index is 12.9. The molecule has 3 rings (SSSR count). The standard InChI is InChI=1S/C33H51F3N4O8/c34-33(35,36)25-8-5-9-27(22-25)47-24-26(41)12-13-29-28(30(42)23-31(29)43)10-3-1-2-4-11-32(44)37-14-6-15-38-17-19-39(20-18-38)16-7-21-48-40(45)46/h1,3,5,8-9,12-13,22,26,28-31,41-43,45-46H,2,4,6-7,10-11,14-21,23-24H2,(H,37,44)/b3-1-,13-12+/t26-,28-,29-,30+,31-/m1/s1. The number of aliphatic hydroxyl groups excluding tert-OH is 3. The van der Waals surface area contributed by atoms with Crippen molar-refractivity contribution in [3.05, 3.63) is 54.1 Å². The van der Waals surface area contributed by atoms with E-state index in [-0.39, 0.29) is 42.6 Å². The number of halogens is 3. The van der Waals surface area contributed by atoms with Crippen LogP contribution in [0.25, 0.3) is 0 Å². The number of nitrogens with one attached hydrogen (secondary N) is 1. The quantitative estimate of drug-likeness (QED) is 0.0680. The lowest BCUT2D eigenvalue weighted by Gasteiger charge is -2.34. The summed E-state index contributed by atoms with van der Waals surface area (Å²) < 4.78 is 44.0. The van der Waals surface area contributed by atoms with Gasteiger partial charge in [-0.05, 0) is 62.8 Å². The third kappa shape index (κ3) is 14.9. The SMILES string of the molecule is O=C(CCC/C=C\C[C@@H]1[C@@H](/C=C/[C@@H](O)COc2cccc(C(F)(F)F)c2)[C@H](O)C[C@@H]1O)NCCCN1CCN(CCCON(O)O)CC1. The average molecular weight is 689 g/mol. The zero-order valence-electron chi connectivity index (χ0n) is 27.3. The van der Waals surface area contributed by atoms with Crippen LogP contribution < -0.4 is 10.1 Å². The van der Waals surface area contributed by atoms with Crippen LogP contribution in [0.2, 0.25) is 0 Å². The molecule has 1 saturated heterocycles. The zero-order valence-corrected chi connectivity index (χ0v) is 27.3. The number of rotatable bonds is 20. The van der Waals surface area contributed by atoms with Crippen LogP contribution in [0.4, 0.5) is 13.2 Å². The molecule has 1 aromatic rings. The highest BCUT2D eigenvalue weighted by atomic mass is 19.4. The predicted octanol–water partition coefficient (Wildman–Crippen LogP) is 3.00. The van der Waals surface area contributed by atoms with Gasteiger partial charge in [0, 0.05) is 58.0 Å². The van der Waals surface area contributed by atoms with Crippen molar-refractivity contribution in [2.75, 3.05) is 59.0 Å². The molecule has 48 heavy (non-hydrogen) atoms. The fourth-order valence-corrected chi connectivity index (χ4v) is 6.00. The molecule has 1 heterocycles. The van der Waals surface area contributed by atoms with E-state index < -0.39 is 36.0 Å². The number of benzene rings is 1. The van der Waals surface area contributed by atoms with Gasteiger partial charge in [0.2, 0.25) is 5.91 Å². The Morgan fingerprint density at radius 3 is 2.44 bits per heavy atom. The van der Waals surface area contributed by atoms with E-state index in [1.807, 2.05) is 12.2 Å². The van der Waals surface area contributed by atoms with E-state index in [0.717, 1.165) is 57.8 Å². The molecule has 1 amide bonds. The number of ether oxygens (including phenoxy) is 1. The summed E-state index contributed by atoms with van der Waals surface area (Å²) in [5.74, 6) is -0.683. The van der Waals surface area contributed by atoms with E-state index >= 15 is 0 Å². The first-order valence-electron chi connectivity index (χ1n) is 16.6. The van der Waals surface area contributed by atoms with Crippen LogP contribution in [0, 0.1) is 11.8 Å². The number of alkyl halides is 3. The number of carbonyl (C=O) groups excluding carboxylic acids is 1. The molecule has 6 N–H and O–H groups in total. The van der Waals surface area contributed by atoms with Gasteiger partial charge in [-0.2, -0.15) is 13.2 Å². The zero-order chi connectivity index (χ0) is 34.9. The maximum Gasteiger partial charge on any atom is 0.416 e. The number of amides is 1. The van der Waals surface area contributed by atoms with Gasteiger partial charge in [-0.3, -0.25) is 20.0 Å². The minimum absolute atomic E-state index is 0.00916. The van der Waals surface area contributed by atoms with E-state index in [4.69, 9.17) is 15.2 Å². The lowest BCUT2D eigenvalue weighted by atomic mass is 9.89. The number of carbonyl (C=O) groups is 1. The second-order valence-corrected chi connectivity index (χ2v) is 12.3. The number of hydrogen-bond donors (Lipinski definition) is 6. The van der Waals surface area contributed by atoms with Crippen molar-refractivity contribution < 1.29 is 53.3 Å². The topological polar surface area (TPSA) is 158 Å². The van der Waals surface area contributed by atoms with E-state index in [0.29, 0.717) is 38.6 Å². The van der Waals surface area contributed by atoms with Crippen molar-refractivity contribution in [1.82, 2.24) is 20.5 Å². The van der Waals surface area contributed by atoms with Gasteiger partial charge in [0.15, 0.2) is 0 Å². The molecule has 1 saturated carbocycles. The van der Waals surface area contributed by atoms with Gasteiger partial charge in [0.25, 0.3) is 0 Å². The van der Waals surface area contributed by atoms with Crippen molar-refractivity contribution >= 4 is 5.91 Å². The molecule has 1 aliphatic heterocycles. The van der Waals surface area contributed by atoms with Gasteiger partial charge in [-0.25, -0.2) is 0 Å². The van der Waals surface area contributed by atoms with Crippen molar-refractivity contribution in [1.29, 1.82) is 0 Å². The molecule has 0 spiro atoms. The summed E-state index contributed by atoms with van der Waals surface area (Å²) in [6.45, 7) is 6.11. The Morgan fingerprint density at radius 1 is 1.04 bits per heavy atom. The Balaban J connectivity index is 1.26. The van der Waals surface area contributed by atoms with Crippen LogP contribution in [0.15, 0.2) is 48.6 Å². The van der Waals surface area contributed by atoms with Crippen LogP contribution in [0.1, 0.15) is 50.5 Å². The van der Waals surface area contributed by atoms with Crippen molar-refractivity contribution in [3.63, 3.8) is 0 Å². The van der Waals surface area contributed by atoms with Crippen LogP contribution in [-0.4, -0.2) is 124 Å². The average Bonchev–Trinajstić information content (AvgIpc) is 3.32. The maximum atomic E-state index is 12.9. The molecule has 272 valence electrons. The monoisotopic (exact) mass is 688 g/mol. The molecule has 1 aliphatic carbocycles. The number of unbranched alkanes of at least 4 members (excludes halogenated alkanes) is 1. The van der Waals surface area contributed by atoms with E-state index in [9.17, 15) is 33.3 Å². The van der Waals surface area contributed by atoms with Gasteiger partial charge < -0.3 is 35.2 Å². The third-order valence-corrected chi connectivity index (χ3v) is 8.67. The van der Waals surface area contributed by atoms with Gasteiger partial charge in [-0.1, -0.05) is 30.4 Å².